The van der Waals surface area contributed by atoms with E-state index in [0.717, 1.165) is 13.1 Å². The van der Waals surface area contributed by atoms with Crippen LogP contribution >= 0.6 is 11.8 Å². The molecule has 0 atom stereocenters. The van der Waals surface area contributed by atoms with Gasteiger partial charge in [-0.05, 0) is 35.8 Å². The predicted octanol–water partition coefficient (Wildman–Crippen LogP) is 4.34. The standard InChI is InChI=1S/C18H21NS/c1-20-18(11-12-18)14-19-13-15-7-9-17(10-8-15)16-5-3-2-4-6-16/h2-10,19H,11-14H2,1H3. The fraction of sp³-hybridized carbons (Fsp3) is 0.333. The predicted molar refractivity (Wildman–Crippen MR) is 89.1 cm³/mol. The molecule has 0 radical (unpaired) electrons. The van der Waals surface area contributed by atoms with Crippen LogP contribution in [0, 0.1) is 0 Å². The van der Waals surface area contributed by atoms with Crippen molar-refractivity contribution in [3.63, 3.8) is 0 Å². The number of rotatable bonds is 6. The summed E-state index contributed by atoms with van der Waals surface area (Å²) in [5.41, 5.74) is 3.94. The highest BCUT2D eigenvalue weighted by atomic mass is 32.2. The second kappa shape index (κ2) is 6.02. The summed E-state index contributed by atoms with van der Waals surface area (Å²) in [6.07, 6.45) is 4.96. The maximum Gasteiger partial charge on any atom is 0.0282 e. The van der Waals surface area contributed by atoms with E-state index < -0.39 is 0 Å². The quantitative estimate of drug-likeness (QED) is 0.846. The molecule has 2 heteroatoms. The second-order valence-electron chi connectivity index (χ2n) is 5.55. The van der Waals surface area contributed by atoms with E-state index in [4.69, 9.17) is 0 Å². The first-order valence-electron chi connectivity index (χ1n) is 7.22. The molecule has 20 heavy (non-hydrogen) atoms. The fourth-order valence-corrected chi connectivity index (χ4v) is 3.23. The van der Waals surface area contributed by atoms with Crippen molar-refractivity contribution < 1.29 is 0 Å². The Morgan fingerprint density at radius 2 is 1.60 bits per heavy atom. The molecule has 0 aromatic heterocycles. The Balaban J connectivity index is 1.56. The molecule has 104 valence electrons. The van der Waals surface area contributed by atoms with Crippen molar-refractivity contribution in [3.05, 3.63) is 60.2 Å². The van der Waals surface area contributed by atoms with Crippen LogP contribution in [0.1, 0.15) is 18.4 Å². The van der Waals surface area contributed by atoms with Gasteiger partial charge in [0.2, 0.25) is 0 Å². The largest absolute Gasteiger partial charge is 0.311 e. The summed E-state index contributed by atoms with van der Waals surface area (Å²) in [5, 5.41) is 3.59. The smallest absolute Gasteiger partial charge is 0.0282 e. The van der Waals surface area contributed by atoms with Crippen LogP contribution in [0.5, 0.6) is 0 Å². The Hall–Kier alpha value is -1.25. The van der Waals surface area contributed by atoms with Crippen molar-refractivity contribution in [2.75, 3.05) is 12.8 Å². The molecule has 2 aromatic carbocycles. The van der Waals surface area contributed by atoms with Gasteiger partial charge in [0, 0.05) is 17.8 Å². The first kappa shape index (κ1) is 13.7. The topological polar surface area (TPSA) is 12.0 Å². The molecule has 0 bridgehead atoms. The molecule has 3 rings (SSSR count). The Labute approximate surface area is 125 Å². The monoisotopic (exact) mass is 283 g/mol. The van der Waals surface area contributed by atoms with Crippen LogP contribution < -0.4 is 5.32 Å². The second-order valence-corrected chi connectivity index (χ2v) is 6.83. The molecule has 0 spiro atoms. The Kier molecular flexibility index (Phi) is 4.13. The molecule has 1 aliphatic carbocycles. The number of nitrogens with one attached hydrogen (secondary N) is 1. The fourth-order valence-electron chi connectivity index (χ4n) is 2.47. The normalized spacial score (nSPS) is 16.1. The molecule has 0 saturated heterocycles. The molecular formula is C18H21NS. The summed E-state index contributed by atoms with van der Waals surface area (Å²) in [7, 11) is 0. The van der Waals surface area contributed by atoms with Crippen LogP contribution in [0.2, 0.25) is 0 Å². The number of hydrogen-bond acceptors (Lipinski definition) is 2. The Morgan fingerprint density at radius 1 is 0.950 bits per heavy atom. The lowest BCUT2D eigenvalue weighted by Crippen LogP contribution is -2.25. The Bertz CT molecular complexity index is 543. The van der Waals surface area contributed by atoms with Crippen molar-refractivity contribution in [1.29, 1.82) is 0 Å². The lowest BCUT2D eigenvalue weighted by atomic mass is 10.0. The zero-order chi connectivity index (χ0) is 13.8. The maximum absolute atomic E-state index is 3.59. The lowest BCUT2D eigenvalue weighted by molar-refractivity contribution is 0.663. The molecule has 0 unspecified atom stereocenters. The van der Waals surface area contributed by atoms with Crippen LogP contribution in [0.4, 0.5) is 0 Å². The summed E-state index contributed by atoms with van der Waals surface area (Å²) < 4.78 is 0.546. The van der Waals surface area contributed by atoms with E-state index in [1.165, 1.54) is 29.5 Å². The van der Waals surface area contributed by atoms with E-state index >= 15 is 0 Å². The minimum absolute atomic E-state index is 0.546. The van der Waals surface area contributed by atoms with Gasteiger partial charge in [-0.1, -0.05) is 54.6 Å². The van der Waals surface area contributed by atoms with Crippen molar-refractivity contribution >= 4 is 11.8 Å². The molecule has 1 nitrogen and oxygen atoms in total. The van der Waals surface area contributed by atoms with Crippen molar-refractivity contribution in [1.82, 2.24) is 5.32 Å². The molecular weight excluding hydrogens is 262 g/mol. The zero-order valence-electron chi connectivity index (χ0n) is 11.9. The van der Waals surface area contributed by atoms with Crippen LogP contribution in [0.3, 0.4) is 0 Å². The maximum atomic E-state index is 3.59. The average Bonchev–Trinajstić information content (AvgIpc) is 3.29. The molecule has 1 aliphatic rings. The first-order chi connectivity index (χ1) is 9.81. The van der Waals surface area contributed by atoms with Gasteiger partial charge in [-0.2, -0.15) is 11.8 Å². The van der Waals surface area contributed by atoms with Gasteiger partial charge < -0.3 is 5.32 Å². The third kappa shape index (κ3) is 3.25. The number of benzene rings is 2. The molecule has 0 amide bonds. The highest BCUT2D eigenvalue weighted by Gasteiger charge is 2.41. The minimum atomic E-state index is 0.546. The third-order valence-corrected chi connectivity index (χ3v) is 5.50. The summed E-state index contributed by atoms with van der Waals surface area (Å²) in [5.74, 6) is 0. The zero-order valence-corrected chi connectivity index (χ0v) is 12.7. The van der Waals surface area contributed by atoms with Crippen LogP contribution in [-0.4, -0.2) is 17.5 Å². The minimum Gasteiger partial charge on any atom is -0.311 e. The summed E-state index contributed by atoms with van der Waals surface area (Å²) in [6.45, 7) is 2.10. The highest BCUT2D eigenvalue weighted by molar-refractivity contribution is 8.00. The van der Waals surface area contributed by atoms with Gasteiger partial charge >= 0.3 is 0 Å². The van der Waals surface area contributed by atoms with Gasteiger partial charge in [0.15, 0.2) is 0 Å². The van der Waals surface area contributed by atoms with E-state index in [1.54, 1.807) is 0 Å². The van der Waals surface area contributed by atoms with Gasteiger partial charge in [0.05, 0.1) is 0 Å². The number of thioether (sulfide) groups is 1. The Morgan fingerprint density at radius 3 is 2.20 bits per heavy atom. The molecule has 0 aliphatic heterocycles. The van der Waals surface area contributed by atoms with E-state index in [-0.39, 0.29) is 0 Å². The van der Waals surface area contributed by atoms with Gasteiger partial charge in [-0.25, -0.2) is 0 Å². The highest BCUT2D eigenvalue weighted by Crippen LogP contribution is 2.46. The summed E-state index contributed by atoms with van der Waals surface area (Å²) in [6, 6.07) is 19.4. The van der Waals surface area contributed by atoms with Crippen molar-refractivity contribution in [3.8, 4) is 11.1 Å². The van der Waals surface area contributed by atoms with Crippen LogP contribution in [-0.2, 0) is 6.54 Å². The third-order valence-electron chi connectivity index (χ3n) is 4.08. The van der Waals surface area contributed by atoms with E-state index in [9.17, 15) is 0 Å². The first-order valence-corrected chi connectivity index (χ1v) is 8.44. The molecule has 1 fully saturated rings. The lowest BCUT2D eigenvalue weighted by Gasteiger charge is -2.13. The van der Waals surface area contributed by atoms with E-state index in [1.807, 2.05) is 11.8 Å². The molecule has 1 saturated carbocycles. The number of hydrogen-bond donors (Lipinski definition) is 1. The van der Waals surface area contributed by atoms with Gasteiger partial charge in [-0.3, -0.25) is 0 Å². The van der Waals surface area contributed by atoms with E-state index in [0.29, 0.717) is 4.75 Å². The van der Waals surface area contributed by atoms with Crippen LogP contribution in [0.25, 0.3) is 11.1 Å². The molecule has 0 heterocycles. The van der Waals surface area contributed by atoms with Crippen molar-refractivity contribution in [2.24, 2.45) is 0 Å². The van der Waals surface area contributed by atoms with Crippen molar-refractivity contribution in [2.45, 2.75) is 24.1 Å². The molecule has 2 aromatic rings. The van der Waals surface area contributed by atoms with Gasteiger partial charge in [-0.15, -0.1) is 0 Å². The van der Waals surface area contributed by atoms with E-state index in [2.05, 4.69) is 66.2 Å². The van der Waals surface area contributed by atoms with Gasteiger partial charge in [0.1, 0.15) is 0 Å². The summed E-state index contributed by atoms with van der Waals surface area (Å²) >= 11 is 2.01. The molecule has 1 N–H and O–H groups in total. The average molecular weight is 283 g/mol. The van der Waals surface area contributed by atoms with Crippen LogP contribution in [0.15, 0.2) is 54.6 Å². The SMILES string of the molecule is CSC1(CNCc2ccc(-c3ccccc3)cc2)CC1. The van der Waals surface area contributed by atoms with Gasteiger partial charge in [0.25, 0.3) is 0 Å². The summed E-state index contributed by atoms with van der Waals surface area (Å²) in [4.78, 5) is 0.